The van der Waals surface area contributed by atoms with Crippen LogP contribution in [0.4, 0.5) is 10.1 Å². The Morgan fingerprint density at radius 3 is 2.55 bits per heavy atom. The summed E-state index contributed by atoms with van der Waals surface area (Å²) < 4.78 is 14.9. The molecule has 4 aromatic rings. The summed E-state index contributed by atoms with van der Waals surface area (Å²) in [6, 6.07) is 14.3. The molecule has 0 radical (unpaired) electrons. The first-order chi connectivity index (χ1) is 15.1. The van der Waals surface area contributed by atoms with Gasteiger partial charge in [0.15, 0.2) is 10.8 Å². The van der Waals surface area contributed by atoms with E-state index in [1.54, 1.807) is 16.6 Å². The second-order valence-corrected chi connectivity index (χ2v) is 8.38. The highest BCUT2D eigenvalue weighted by Crippen LogP contribution is 2.24. The van der Waals surface area contributed by atoms with Crippen LogP contribution in [-0.4, -0.2) is 62.3 Å². The van der Waals surface area contributed by atoms with E-state index >= 15 is 0 Å². The maximum atomic E-state index is 13.1. The number of hydrogen-bond acceptors (Lipinski definition) is 6. The van der Waals surface area contributed by atoms with E-state index in [9.17, 15) is 9.18 Å². The van der Waals surface area contributed by atoms with Gasteiger partial charge in [-0.2, -0.15) is 4.52 Å². The van der Waals surface area contributed by atoms with Gasteiger partial charge in [-0.15, -0.1) is 5.10 Å². The van der Waals surface area contributed by atoms with Crippen LogP contribution in [0.1, 0.15) is 5.82 Å². The molecule has 0 saturated carbocycles. The molecule has 1 saturated heterocycles. The van der Waals surface area contributed by atoms with Crippen molar-refractivity contribution in [3.63, 3.8) is 0 Å². The number of para-hydroxylation sites is 1. The van der Waals surface area contributed by atoms with E-state index in [1.165, 1.54) is 23.9 Å². The smallest absolute Gasteiger partial charge is 0.233 e. The van der Waals surface area contributed by atoms with Crippen molar-refractivity contribution in [1.82, 2.24) is 24.5 Å². The number of benzene rings is 2. The number of carbonyl (C=O) groups is 1. The highest BCUT2D eigenvalue weighted by molar-refractivity contribution is 7.99. The molecule has 9 heteroatoms. The van der Waals surface area contributed by atoms with E-state index < -0.39 is 0 Å². The number of anilines is 1. The summed E-state index contributed by atoms with van der Waals surface area (Å²) in [6.07, 6.45) is 0. The Morgan fingerprint density at radius 1 is 1.03 bits per heavy atom. The lowest BCUT2D eigenvalue weighted by molar-refractivity contribution is -0.128. The van der Waals surface area contributed by atoms with Gasteiger partial charge in [0.05, 0.1) is 11.3 Å². The van der Waals surface area contributed by atoms with Crippen LogP contribution in [-0.2, 0) is 4.79 Å². The lowest BCUT2D eigenvalue weighted by Crippen LogP contribution is -2.49. The van der Waals surface area contributed by atoms with E-state index in [0.717, 1.165) is 35.3 Å². The molecule has 1 aliphatic heterocycles. The second-order valence-electron chi connectivity index (χ2n) is 7.44. The first-order valence-electron chi connectivity index (χ1n) is 10.1. The molecule has 0 aliphatic carbocycles. The molecule has 1 fully saturated rings. The van der Waals surface area contributed by atoms with E-state index in [2.05, 4.69) is 15.0 Å². The number of amides is 1. The average Bonchev–Trinajstić information content (AvgIpc) is 3.20. The minimum absolute atomic E-state index is 0.0729. The van der Waals surface area contributed by atoms with Crippen molar-refractivity contribution < 1.29 is 9.18 Å². The van der Waals surface area contributed by atoms with Crippen LogP contribution in [0, 0.1) is 12.7 Å². The third kappa shape index (κ3) is 3.93. The van der Waals surface area contributed by atoms with Gasteiger partial charge in [0, 0.05) is 37.3 Å². The highest BCUT2D eigenvalue weighted by atomic mass is 32.2. The number of rotatable bonds is 4. The number of thioether (sulfide) groups is 1. The van der Waals surface area contributed by atoms with Crippen LogP contribution < -0.4 is 4.90 Å². The number of halogens is 1. The zero-order chi connectivity index (χ0) is 21.4. The summed E-state index contributed by atoms with van der Waals surface area (Å²) in [5.74, 6) is 0.788. The fourth-order valence-electron chi connectivity index (χ4n) is 3.81. The molecule has 2 aromatic carbocycles. The Balaban J connectivity index is 1.26. The maximum absolute atomic E-state index is 13.1. The number of aryl methyl sites for hydroxylation is 1. The first-order valence-corrected chi connectivity index (χ1v) is 11.1. The molecule has 0 bridgehead atoms. The summed E-state index contributed by atoms with van der Waals surface area (Å²) in [5.41, 5.74) is 2.57. The molecule has 3 heterocycles. The molecule has 31 heavy (non-hydrogen) atoms. The number of aromatic nitrogens is 4. The Hall–Kier alpha value is -3.20. The molecule has 2 aromatic heterocycles. The molecule has 0 atom stereocenters. The van der Waals surface area contributed by atoms with E-state index in [4.69, 9.17) is 4.98 Å². The number of nitrogens with zero attached hydrogens (tertiary/aromatic N) is 6. The molecular formula is C22H21FN6OS. The third-order valence-electron chi connectivity index (χ3n) is 5.40. The highest BCUT2D eigenvalue weighted by Gasteiger charge is 2.22. The Morgan fingerprint density at radius 2 is 1.77 bits per heavy atom. The zero-order valence-corrected chi connectivity index (χ0v) is 17.8. The fourth-order valence-corrected chi connectivity index (χ4v) is 4.66. The van der Waals surface area contributed by atoms with Gasteiger partial charge in [-0.05, 0) is 43.3 Å². The molecule has 7 nitrogen and oxygen atoms in total. The van der Waals surface area contributed by atoms with Crippen molar-refractivity contribution in [1.29, 1.82) is 0 Å². The summed E-state index contributed by atoms with van der Waals surface area (Å²) in [6.45, 7) is 4.58. The number of hydrogen-bond donors (Lipinski definition) is 0. The maximum Gasteiger partial charge on any atom is 0.233 e. The number of fused-ring (bicyclic) bond motifs is 3. The zero-order valence-electron chi connectivity index (χ0n) is 17.0. The minimum Gasteiger partial charge on any atom is -0.368 e. The van der Waals surface area contributed by atoms with Crippen molar-refractivity contribution in [3.8, 4) is 0 Å². The summed E-state index contributed by atoms with van der Waals surface area (Å²) >= 11 is 1.38. The molecule has 1 aliphatic rings. The lowest BCUT2D eigenvalue weighted by Gasteiger charge is -2.36. The summed E-state index contributed by atoms with van der Waals surface area (Å²) in [5, 5.41) is 6.07. The molecule has 0 unspecified atom stereocenters. The van der Waals surface area contributed by atoms with E-state index in [1.807, 2.05) is 36.1 Å². The quantitative estimate of drug-likeness (QED) is 0.362. The Bertz CT molecular complexity index is 1250. The van der Waals surface area contributed by atoms with Gasteiger partial charge in [0.25, 0.3) is 0 Å². The van der Waals surface area contributed by atoms with Gasteiger partial charge < -0.3 is 9.80 Å². The molecule has 5 rings (SSSR count). The Kier molecular flexibility index (Phi) is 5.19. The predicted octanol–water partition coefficient (Wildman–Crippen LogP) is 3.17. The van der Waals surface area contributed by atoms with Crippen molar-refractivity contribution in [2.45, 2.75) is 12.1 Å². The average molecular weight is 437 g/mol. The third-order valence-corrected chi connectivity index (χ3v) is 6.32. The van der Waals surface area contributed by atoms with Gasteiger partial charge >= 0.3 is 0 Å². The normalized spacial score (nSPS) is 14.5. The van der Waals surface area contributed by atoms with Crippen LogP contribution in [0.5, 0.6) is 0 Å². The van der Waals surface area contributed by atoms with E-state index in [0.29, 0.717) is 24.1 Å². The second kappa shape index (κ2) is 8.14. The molecule has 0 spiro atoms. The standard InChI is InChI=1S/C22H21FN6OS/c1-15-24-21-18-4-2-3-5-19(18)25-22(29(21)26-15)31-14-20(30)28-12-10-27(11-13-28)17-8-6-16(23)7-9-17/h2-9H,10-14H2,1H3. The largest absolute Gasteiger partial charge is 0.368 e. The van der Waals surface area contributed by atoms with Crippen molar-refractivity contribution in [2.75, 3.05) is 36.8 Å². The van der Waals surface area contributed by atoms with Crippen LogP contribution in [0.25, 0.3) is 16.6 Å². The number of carbonyl (C=O) groups excluding carboxylic acids is 1. The predicted molar refractivity (Wildman–Crippen MR) is 119 cm³/mol. The molecular weight excluding hydrogens is 415 g/mol. The summed E-state index contributed by atoms with van der Waals surface area (Å²) in [7, 11) is 0. The van der Waals surface area contributed by atoms with Gasteiger partial charge in [-0.3, -0.25) is 4.79 Å². The van der Waals surface area contributed by atoms with Gasteiger partial charge in [0.2, 0.25) is 5.91 Å². The molecule has 1 amide bonds. The Labute approximate surface area is 182 Å². The van der Waals surface area contributed by atoms with Gasteiger partial charge in [-0.25, -0.2) is 14.4 Å². The van der Waals surface area contributed by atoms with Crippen molar-refractivity contribution in [3.05, 3.63) is 60.2 Å². The monoisotopic (exact) mass is 436 g/mol. The first kappa shape index (κ1) is 19.7. The molecule has 158 valence electrons. The topological polar surface area (TPSA) is 66.6 Å². The fraction of sp³-hybridized carbons (Fsp3) is 0.273. The van der Waals surface area contributed by atoms with Gasteiger partial charge in [-0.1, -0.05) is 23.9 Å². The lowest BCUT2D eigenvalue weighted by atomic mass is 10.2. The van der Waals surface area contributed by atoms with Crippen LogP contribution in [0.3, 0.4) is 0 Å². The van der Waals surface area contributed by atoms with Crippen LogP contribution >= 0.6 is 11.8 Å². The van der Waals surface area contributed by atoms with Crippen LogP contribution in [0.2, 0.25) is 0 Å². The van der Waals surface area contributed by atoms with Crippen LogP contribution in [0.15, 0.2) is 53.7 Å². The number of piperazine rings is 1. The molecule has 0 N–H and O–H groups in total. The minimum atomic E-state index is -0.242. The van der Waals surface area contributed by atoms with Crippen molar-refractivity contribution in [2.24, 2.45) is 0 Å². The SMILES string of the molecule is Cc1nc2c3ccccc3nc(SCC(=O)N3CCN(c4ccc(F)cc4)CC3)n2n1. The van der Waals surface area contributed by atoms with Gasteiger partial charge in [0.1, 0.15) is 11.6 Å². The summed E-state index contributed by atoms with van der Waals surface area (Å²) in [4.78, 5) is 26.1. The van der Waals surface area contributed by atoms with E-state index in [-0.39, 0.29) is 17.5 Å². The van der Waals surface area contributed by atoms with Crippen molar-refractivity contribution >= 4 is 39.9 Å².